The van der Waals surface area contributed by atoms with Crippen LogP contribution in [0.25, 0.3) is 0 Å². The molecule has 1 unspecified atom stereocenters. The molecule has 1 aromatic heterocycles. The van der Waals surface area contributed by atoms with E-state index in [1.807, 2.05) is 12.3 Å². The minimum Gasteiger partial charge on any atom is -0.330 e. The Balaban J connectivity index is 2.36. The summed E-state index contributed by atoms with van der Waals surface area (Å²) in [4.78, 5) is 4.25. The highest BCUT2D eigenvalue weighted by molar-refractivity contribution is 7.84. The Labute approximate surface area is 84.8 Å². The van der Waals surface area contributed by atoms with E-state index in [2.05, 4.69) is 4.98 Å². The summed E-state index contributed by atoms with van der Waals surface area (Å²) in [7, 11) is -0.790. The molecule has 0 bridgehead atoms. The zero-order valence-electron chi connectivity index (χ0n) is 7.66. The number of rotatable bonds is 5. The van der Waals surface area contributed by atoms with Gasteiger partial charge in [-0.1, -0.05) is 0 Å². The van der Waals surface area contributed by atoms with Gasteiger partial charge >= 0.3 is 0 Å². The molecule has 1 atom stereocenters. The molecule has 5 heteroatoms. The molecule has 0 saturated heterocycles. The van der Waals surface area contributed by atoms with E-state index in [-0.39, 0.29) is 0 Å². The Hall–Kier alpha value is -0.260. The summed E-state index contributed by atoms with van der Waals surface area (Å²) >= 11 is 1.58. The lowest BCUT2D eigenvalue weighted by Crippen LogP contribution is -2.07. The molecule has 1 heterocycles. The van der Waals surface area contributed by atoms with Gasteiger partial charge in [-0.2, -0.15) is 0 Å². The monoisotopic (exact) mass is 218 g/mol. The molecule has 13 heavy (non-hydrogen) atoms. The van der Waals surface area contributed by atoms with Crippen LogP contribution >= 0.6 is 11.3 Å². The molecule has 0 radical (unpaired) electrons. The molecule has 3 nitrogen and oxygen atoms in total. The molecule has 0 aliphatic rings. The predicted molar refractivity (Wildman–Crippen MR) is 57.2 cm³/mol. The van der Waals surface area contributed by atoms with Crippen molar-refractivity contribution in [3.05, 3.63) is 16.1 Å². The van der Waals surface area contributed by atoms with Crippen LogP contribution in [-0.4, -0.2) is 21.5 Å². The summed E-state index contributed by atoms with van der Waals surface area (Å²) < 4.78 is 11.4. The fraction of sp³-hybridized carbons (Fsp3) is 0.625. The maximum absolute atomic E-state index is 11.4. The Bertz CT molecular complexity index is 285. The average molecular weight is 218 g/mol. The smallest absolute Gasteiger partial charge is 0.105 e. The summed E-state index contributed by atoms with van der Waals surface area (Å²) in [6.45, 7) is 2.56. The molecule has 0 amide bonds. The van der Waals surface area contributed by atoms with Crippen LogP contribution in [0.1, 0.15) is 17.1 Å². The highest BCUT2D eigenvalue weighted by atomic mass is 32.2. The van der Waals surface area contributed by atoms with Gasteiger partial charge in [0, 0.05) is 27.6 Å². The summed E-state index contributed by atoms with van der Waals surface area (Å²) in [6.07, 6.45) is 0.830. The van der Waals surface area contributed by atoms with Gasteiger partial charge in [0.1, 0.15) is 5.01 Å². The quantitative estimate of drug-likeness (QED) is 0.803. The number of thiazole rings is 1. The molecule has 74 valence electrons. The van der Waals surface area contributed by atoms with Gasteiger partial charge in [0.15, 0.2) is 0 Å². The molecule has 0 aliphatic heterocycles. The van der Waals surface area contributed by atoms with Gasteiger partial charge in [0.25, 0.3) is 0 Å². The average Bonchev–Trinajstić information content (AvgIpc) is 2.48. The molecule has 1 aromatic rings. The largest absolute Gasteiger partial charge is 0.330 e. The van der Waals surface area contributed by atoms with Crippen molar-refractivity contribution in [1.29, 1.82) is 0 Å². The maximum atomic E-state index is 11.4. The van der Waals surface area contributed by atoms with Gasteiger partial charge in [0.05, 0.1) is 5.75 Å². The number of hydrogen-bond acceptors (Lipinski definition) is 4. The minimum atomic E-state index is -0.790. The molecule has 0 spiro atoms. The molecule has 0 saturated carbocycles. The number of hydrogen-bond donors (Lipinski definition) is 1. The number of aryl methyl sites for hydroxylation is 1. The summed E-state index contributed by atoms with van der Waals surface area (Å²) in [5.74, 6) is 1.27. The van der Waals surface area contributed by atoms with Crippen molar-refractivity contribution in [2.45, 2.75) is 19.1 Å². The molecular formula is C8H14N2OS2. The van der Waals surface area contributed by atoms with Crippen molar-refractivity contribution in [2.24, 2.45) is 5.73 Å². The van der Waals surface area contributed by atoms with E-state index in [0.29, 0.717) is 18.1 Å². The van der Waals surface area contributed by atoms with Crippen molar-refractivity contribution < 1.29 is 4.21 Å². The number of nitrogens with zero attached hydrogens (tertiary/aromatic N) is 1. The van der Waals surface area contributed by atoms with E-state index in [4.69, 9.17) is 5.73 Å². The Morgan fingerprint density at radius 3 is 3.00 bits per heavy atom. The van der Waals surface area contributed by atoms with Crippen LogP contribution in [0.3, 0.4) is 0 Å². The van der Waals surface area contributed by atoms with E-state index in [9.17, 15) is 4.21 Å². The molecular weight excluding hydrogens is 204 g/mol. The van der Waals surface area contributed by atoms with Crippen molar-refractivity contribution in [2.75, 3.05) is 12.3 Å². The van der Waals surface area contributed by atoms with E-state index in [1.54, 1.807) is 11.3 Å². The third-order valence-corrected chi connectivity index (χ3v) is 4.02. The molecule has 2 N–H and O–H groups in total. The highest BCUT2D eigenvalue weighted by Gasteiger charge is 2.04. The lowest BCUT2D eigenvalue weighted by molar-refractivity contribution is 0.680. The van der Waals surface area contributed by atoms with E-state index >= 15 is 0 Å². The van der Waals surface area contributed by atoms with Gasteiger partial charge in [-0.25, -0.2) is 4.98 Å². The lowest BCUT2D eigenvalue weighted by Gasteiger charge is -1.97. The van der Waals surface area contributed by atoms with Crippen LogP contribution < -0.4 is 5.73 Å². The molecule has 1 rings (SSSR count). The van der Waals surface area contributed by atoms with Gasteiger partial charge in [-0.15, -0.1) is 11.3 Å². The molecule has 0 aliphatic carbocycles. The van der Waals surface area contributed by atoms with Crippen molar-refractivity contribution >= 4 is 22.1 Å². The van der Waals surface area contributed by atoms with Crippen molar-refractivity contribution in [3.8, 4) is 0 Å². The first-order valence-corrected chi connectivity index (χ1v) is 6.55. The van der Waals surface area contributed by atoms with Gasteiger partial charge in [-0.05, 0) is 19.9 Å². The fourth-order valence-corrected chi connectivity index (χ4v) is 3.12. The van der Waals surface area contributed by atoms with Crippen molar-refractivity contribution in [1.82, 2.24) is 4.98 Å². The second-order valence-corrected chi connectivity index (χ2v) is 5.33. The normalized spacial score (nSPS) is 13.1. The third kappa shape index (κ3) is 3.97. The Morgan fingerprint density at radius 2 is 2.46 bits per heavy atom. The molecule has 0 aromatic carbocycles. The first-order chi connectivity index (χ1) is 6.22. The van der Waals surface area contributed by atoms with E-state index < -0.39 is 10.8 Å². The second kappa shape index (κ2) is 5.47. The summed E-state index contributed by atoms with van der Waals surface area (Å²) in [5.41, 5.74) is 6.34. The zero-order valence-corrected chi connectivity index (χ0v) is 9.29. The number of nitrogens with two attached hydrogens (primary N) is 1. The van der Waals surface area contributed by atoms with Gasteiger partial charge in [-0.3, -0.25) is 4.21 Å². The van der Waals surface area contributed by atoms with Crippen LogP contribution in [-0.2, 0) is 16.6 Å². The van der Waals surface area contributed by atoms with Crippen LogP contribution in [0.4, 0.5) is 0 Å². The Morgan fingerprint density at radius 1 is 1.69 bits per heavy atom. The third-order valence-electron chi connectivity index (χ3n) is 1.53. The minimum absolute atomic E-state index is 0.582. The first-order valence-electron chi connectivity index (χ1n) is 4.18. The van der Waals surface area contributed by atoms with Crippen LogP contribution in [0.15, 0.2) is 5.38 Å². The van der Waals surface area contributed by atoms with Crippen LogP contribution in [0, 0.1) is 6.92 Å². The fourth-order valence-electron chi connectivity index (χ4n) is 0.923. The predicted octanol–water partition coefficient (Wildman–Crippen LogP) is 1.05. The van der Waals surface area contributed by atoms with Crippen LogP contribution in [0.2, 0.25) is 0 Å². The summed E-state index contributed by atoms with van der Waals surface area (Å²) in [5, 5.41) is 2.95. The topological polar surface area (TPSA) is 56.0 Å². The zero-order chi connectivity index (χ0) is 9.68. The van der Waals surface area contributed by atoms with Crippen molar-refractivity contribution in [3.63, 3.8) is 0 Å². The lowest BCUT2D eigenvalue weighted by atomic mass is 10.5. The van der Waals surface area contributed by atoms with Crippen LogP contribution in [0.5, 0.6) is 0 Å². The second-order valence-electron chi connectivity index (χ2n) is 2.81. The maximum Gasteiger partial charge on any atom is 0.105 e. The Kier molecular flexibility index (Phi) is 4.55. The van der Waals surface area contributed by atoms with Gasteiger partial charge in [0.2, 0.25) is 0 Å². The SMILES string of the molecule is Cc1csc(CS(=O)CCCN)n1. The standard InChI is InChI=1S/C8H14N2OS2/c1-7-5-12-8(10-7)6-13(11)4-2-3-9/h5H,2-4,6,9H2,1H3. The van der Waals surface area contributed by atoms with E-state index in [0.717, 1.165) is 17.1 Å². The molecule has 0 fully saturated rings. The highest BCUT2D eigenvalue weighted by Crippen LogP contribution is 2.11. The first kappa shape index (κ1) is 10.8. The summed E-state index contributed by atoms with van der Waals surface area (Å²) in [6, 6.07) is 0. The number of aromatic nitrogens is 1. The van der Waals surface area contributed by atoms with Gasteiger partial charge < -0.3 is 5.73 Å². The van der Waals surface area contributed by atoms with E-state index in [1.165, 1.54) is 0 Å².